The number of isocyanates is 1. The van der Waals surface area contributed by atoms with Crippen molar-refractivity contribution in [2.45, 2.75) is 116 Å². The molecule has 0 saturated heterocycles. The Morgan fingerprint density at radius 3 is 1.48 bits per heavy atom. The molecule has 25 heavy (non-hydrogen) atoms. The standard InChI is InChI=1S/C20H38N2O3/c1-2-3-4-5-6-7-8-9-10-11-12-13-14-15-16-17-18-20(24)22(25)21-19-23/h25H,2-18H2,1H3. The molecule has 1 amide bonds. The van der Waals surface area contributed by atoms with Crippen LogP contribution in [0.5, 0.6) is 0 Å². The van der Waals surface area contributed by atoms with Gasteiger partial charge in [-0.3, -0.25) is 10.0 Å². The Labute approximate surface area is 153 Å². The van der Waals surface area contributed by atoms with Gasteiger partial charge in [0.05, 0.1) is 0 Å². The Morgan fingerprint density at radius 1 is 0.760 bits per heavy atom. The van der Waals surface area contributed by atoms with Crippen molar-refractivity contribution in [3.05, 3.63) is 0 Å². The highest BCUT2D eigenvalue weighted by Gasteiger charge is 2.08. The molecule has 0 unspecified atom stereocenters. The molecule has 5 heteroatoms. The number of hydrazone groups is 1. The maximum absolute atomic E-state index is 11.3. The second-order valence-corrected chi connectivity index (χ2v) is 6.93. The van der Waals surface area contributed by atoms with Crippen molar-refractivity contribution in [3.63, 3.8) is 0 Å². The van der Waals surface area contributed by atoms with Crippen molar-refractivity contribution in [3.8, 4) is 0 Å². The van der Waals surface area contributed by atoms with Gasteiger partial charge < -0.3 is 0 Å². The van der Waals surface area contributed by atoms with Gasteiger partial charge in [0, 0.05) is 6.42 Å². The number of hydrogen-bond donors (Lipinski definition) is 1. The SMILES string of the molecule is CCCCCCCCCCCCCCCCCCC(=O)N(O)N=C=O. The van der Waals surface area contributed by atoms with E-state index in [9.17, 15) is 9.59 Å². The number of carbonyl (C=O) groups is 1. The van der Waals surface area contributed by atoms with E-state index in [4.69, 9.17) is 5.21 Å². The third-order valence-corrected chi connectivity index (χ3v) is 4.60. The second kappa shape index (κ2) is 19.1. The van der Waals surface area contributed by atoms with Gasteiger partial charge in [0.25, 0.3) is 12.0 Å². The van der Waals surface area contributed by atoms with Crippen LogP contribution in [-0.2, 0) is 9.59 Å². The molecule has 0 aliphatic heterocycles. The first-order valence-electron chi connectivity index (χ1n) is 10.3. The van der Waals surface area contributed by atoms with Crippen molar-refractivity contribution in [2.75, 3.05) is 0 Å². The fraction of sp³-hybridized carbons (Fsp3) is 0.900. The van der Waals surface area contributed by atoms with Gasteiger partial charge in [0.1, 0.15) is 0 Å². The lowest BCUT2D eigenvalue weighted by Crippen LogP contribution is -2.20. The van der Waals surface area contributed by atoms with Crippen LogP contribution in [0.1, 0.15) is 116 Å². The van der Waals surface area contributed by atoms with Crippen LogP contribution in [0.15, 0.2) is 5.10 Å². The van der Waals surface area contributed by atoms with Crippen molar-refractivity contribution in [1.29, 1.82) is 0 Å². The van der Waals surface area contributed by atoms with E-state index in [1.807, 2.05) is 0 Å². The quantitative estimate of drug-likeness (QED) is 0.106. The molecule has 0 aliphatic rings. The fourth-order valence-corrected chi connectivity index (χ4v) is 3.02. The number of hydrogen-bond acceptors (Lipinski definition) is 4. The molecule has 0 spiro atoms. The predicted molar refractivity (Wildman–Crippen MR) is 101 cm³/mol. The smallest absolute Gasteiger partial charge is 0.269 e. The molecule has 1 N–H and O–H groups in total. The monoisotopic (exact) mass is 354 g/mol. The van der Waals surface area contributed by atoms with Crippen molar-refractivity contribution >= 4 is 12.0 Å². The van der Waals surface area contributed by atoms with Crippen LogP contribution < -0.4 is 0 Å². The van der Waals surface area contributed by atoms with Crippen molar-refractivity contribution in [1.82, 2.24) is 5.17 Å². The summed E-state index contributed by atoms with van der Waals surface area (Å²) in [6, 6.07) is 0. The Morgan fingerprint density at radius 2 is 1.12 bits per heavy atom. The first kappa shape index (κ1) is 23.8. The third kappa shape index (κ3) is 17.4. The molecule has 0 fully saturated rings. The maximum Gasteiger partial charge on any atom is 0.269 e. The lowest BCUT2D eigenvalue weighted by atomic mass is 10.0. The lowest BCUT2D eigenvalue weighted by molar-refractivity contribution is -0.165. The average Bonchev–Trinajstić information content (AvgIpc) is 2.61. The Kier molecular flexibility index (Phi) is 18.2. The van der Waals surface area contributed by atoms with E-state index >= 15 is 0 Å². The van der Waals surface area contributed by atoms with Gasteiger partial charge in [-0.2, -0.15) is 0 Å². The highest BCUT2D eigenvalue weighted by molar-refractivity contribution is 5.74. The molecule has 5 nitrogen and oxygen atoms in total. The van der Waals surface area contributed by atoms with Crippen molar-refractivity contribution in [2.24, 2.45) is 5.10 Å². The summed E-state index contributed by atoms with van der Waals surface area (Å²) in [4.78, 5) is 21.2. The summed E-state index contributed by atoms with van der Waals surface area (Å²) in [7, 11) is 0. The topological polar surface area (TPSA) is 70.0 Å². The zero-order chi connectivity index (χ0) is 18.6. The average molecular weight is 355 g/mol. The Hall–Kier alpha value is -1.19. The van der Waals surface area contributed by atoms with Crippen LogP contribution in [0.2, 0.25) is 0 Å². The third-order valence-electron chi connectivity index (χ3n) is 4.60. The van der Waals surface area contributed by atoms with Gasteiger partial charge in [-0.1, -0.05) is 114 Å². The summed E-state index contributed by atoms with van der Waals surface area (Å²) in [6.45, 7) is 2.26. The van der Waals surface area contributed by atoms with E-state index in [1.165, 1.54) is 83.5 Å². The molecule has 0 bridgehead atoms. The number of unbranched alkanes of at least 4 members (excludes halogenated alkanes) is 15. The summed E-state index contributed by atoms with van der Waals surface area (Å²) in [5.74, 6) is -0.547. The van der Waals surface area contributed by atoms with E-state index in [2.05, 4.69) is 12.0 Å². The Balaban J connectivity index is 3.16. The lowest BCUT2D eigenvalue weighted by Gasteiger charge is -2.06. The molecule has 0 radical (unpaired) electrons. The molecule has 0 atom stereocenters. The van der Waals surface area contributed by atoms with Crippen LogP contribution in [-0.4, -0.2) is 22.4 Å². The fourth-order valence-electron chi connectivity index (χ4n) is 3.02. The van der Waals surface area contributed by atoms with Crippen LogP contribution >= 0.6 is 0 Å². The molecule has 0 saturated carbocycles. The summed E-state index contributed by atoms with van der Waals surface area (Å²) >= 11 is 0. The molecule has 0 aromatic rings. The number of amides is 1. The molecular formula is C20H38N2O3. The van der Waals surface area contributed by atoms with Crippen LogP contribution in [0.3, 0.4) is 0 Å². The molecule has 0 heterocycles. The van der Waals surface area contributed by atoms with Gasteiger partial charge in [-0.25, -0.2) is 4.79 Å². The molecule has 0 aromatic carbocycles. The molecule has 0 aliphatic carbocycles. The predicted octanol–water partition coefficient (Wildman–Crippen LogP) is 6.11. The molecule has 0 aromatic heterocycles. The number of nitrogens with zero attached hydrogens (tertiary/aromatic N) is 2. The van der Waals surface area contributed by atoms with E-state index in [-0.39, 0.29) is 11.6 Å². The minimum atomic E-state index is -0.547. The van der Waals surface area contributed by atoms with Crippen molar-refractivity contribution < 1.29 is 14.8 Å². The van der Waals surface area contributed by atoms with Gasteiger partial charge in [-0.15, -0.1) is 0 Å². The van der Waals surface area contributed by atoms with E-state index in [1.54, 1.807) is 0 Å². The maximum atomic E-state index is 11.3. The van der Waals surface area contributed by atoms with E-state index < -0.39 is 5.91 Å². The highest BCUT2D eigenvalue weighted by Crippen LogP contribution is 2.14. The number of hydroxylamine groups is 1. The number of carbonyl (C=O) groups excluding carboxylic acids is 2. The minimum Gasteiger partial charge on any atom is -0.270 e. The summed E-state index contributed by atoms with van der Waals surface area (Å²) in [5.41, 5.74) is 0. The molecule has 0 rings (SSSR count). The molecule has 146 valence electrons. The normalized spacial score (nSPS) is 10.5. The van der Waals surface area contributed by atoms with Gasteiger partial charge in [0.2, 0.25) is 0 Å². The first-order chi connectivity index (χ1) is 12.2. The Bertz CT molecular complexity index is 355. The highest BCUT2D eigenvalue weighted by atomic mass is 16.5. The van der Waals surface area contributed by atoms with Crippen LogP contribution in [0, 0.1) is 0 Å². The minimum absolute atomic E-state index is 0.0816. The second-order valence-electron chi connectivity index (χ2n) is 6.93. The number of rotatable bonds is 18. The summed E-state index contributed by atoms with van der Waals surface area (Å²) in [6.07, 6.45) is 21.8. The molecular weight excluding hydrogens is 316 g/mol. The van der Waals surface area contributed by atoms with Gasteiger partial charge in [0.15, 0.2) is 0 Å². The first-order valence-corrected chi connectivity index (χ1v) is 10.3. The van der Waals surface area contributed by atoms with Crippen LogP contribution in [0.4, 0.5) is 0 Å². The zero-order valence-corrected chi connectivity index (χ0v) is 16.2. The van der Waals surface area contributed by atoms with E-state index in [0.717, 1.165) is 25.3 Å². The van der Waals surface area contributed by atoms with Crippen LogP contribution in [0.25, 0.3) is 0 Å². The summed E-state index contributed by atoms with van der Waals surface area (Å²) < 4.78 is 0. The zero-order valence-electron chi connectivity index (χ0n) is 16.2. The van der Waals surface area contributed by atoms with Gasteiger partial charge >= 0.3 is 0 Å². The summed E-state index contributed by atoms with van der Waals surface area (Å²) in [5, 5.41) is 11.9. The van der Waals surface area contributed by atoms with E-state index in [0.29, 0.717) is 0 Å². The van der Waals surface area contributed by atoms with Gasteiger partial charge in [-0.05, 0) is 6.42 Å². The largest absolute Gasteiger partial charge is 0.270 e.